The molecule has 0 saturated carbocycles. The predicted molar refractivity (Wildman–Crippen MR) is 277 cm³/mol. The number of carbonyl (C=O) groups is 4. The van der Waals surface area contributed by atoms with Crippen LogP contribution in [-0.2, 0) is 18.9 Å². The van der Waals surface area contributed by atoms with Crippen molar-refractivity contribution in [2.24, 2.45) is 0 Å². The fourth-order valence-corrected chi connectivity index (χ4v) is 9.32. The lowest BCUT2D eigenvalue weighted by Crippen LogP contribution is -2.14. The van der Waals surface area contributed by atoms with Gasteiger partial charge in [-0.3, -0.25) is 0 Å². The monoisotopic (exact) mass is 947 g/mol. The maximum absolute atomic E-state index is 13.3. The largest absolute Gasteiger partial charge is 0.492 e. The molecular formula is C58H90O10. The van der Waals surface area contributed by atoms with Crippen LogP contribution in [0.2, 0.25) is 0 Å². The van der Waals surface area contributed by atoms with Crippen molar-refractivity contribution in [3.8, 4) is 11.5 Å². The van der Waals surface area contributed by atoms with Gasteiger partial charge in [0.1, 0.15) is 11.5 Å². The average molecular weight is 947 g/mol. The summed E-state index contributed by atoms with van der Waals surface area (Å²) in [7, 11) is 5.02. The van der Waals surface area contributed by atoms with E-state index in [0.717, 1.165) is 38.5 Å². The summed E-state index contributed by atoms with van der Waals surface area (Å²) in [5.41, 5.74) is 0.00587. The van der Waals surface area contributed by atoms with Crippen molar-refractivity contribution in [2.75, 3.05) is 41.7 Å². The fourth-order valence-electron chi connectivity index (χ4n) is 9.32. The molecule has 3 rings (SSSR count). The first kappa shape index (κ1) is 58.0. The minimum Gasteiger partial charge on any atom is -0.492 e. The van der Waals surface area contributed by atoms with Crippen molar-refractivity contribution in [1.29, 1.82) is 0 Å². The first-order chi connectivity index (χ1) is 33.3. The molecule has 0 heterocycles. The van der Waals surface area contributed by atoms with Crippen molar-refractivity contribution in [2.45, 2.75) is 219 Å². The van der Waals surface area contributed by atoms with Gasteiger partial charge in [-0.15, -0.1) is 0 Å². The zero-order chi connectivity index (χ0) is 49.2. The molecule has 0 amide bonds. The van der Waals surface area contributed by atoms with Crippen molar-refractivity contribution >= 4 is 45.4 Å². The van der Waals surface area contributed by atoms with Crippen LogP contribution in [0.3, 0.4) is 0 Å². The Balaban J connectivity index is 1.76. The van der Waals surface area contributed by atoms with Crippen LogP contribution < -0.4 is 9.47 Å². The Bertz CT molecular complexity index is 1690. The first-order valence-corrected chi connectivity index (χ1v) is 27.0. The number of esters is 4. The second-order valence-corrected chi connectivity index (χ2v) is 18.8. The number of carbonyl (C=O) groups excluding carboxylic acids is 4. The summed E-state index contributed by atoms with van der Waals surface area (Å²) in [6, 6.07) is 6.29. The molecule has 0 saturated heterocycles. The molecule has 10 heteroatoms. The van der Waals surface area contributed by atoms with Crippen molar-refractivity contribution in [3.05, 3.63) is 46.5 Å². The van der Waals surface area contributed by atoms with Crippen LogP contribution >= 0.6 is 0 Å². The number of hydrogen-bond acceptors (Lipinski definition) is 10. The third-order valence-corrected chi connectivity index (χ3v) is 13.4. The van der Waals surface area contributed by atoms with Gasteiger partial charge in [0.25, 0.3) is 0 Å². The molecule has 0 radical (unpaired) electrons. The van der Waals surface area contributed by atoms with Crippen molar-refractivity contribution in [1.82, 2.24) is 0 Å². The minimum absolute atomic E-state index is 0.00147. The highest BCUT2D eigenvalue weighted by Gasteiger charge is 2.28. The topological polar surface area (TPSA) is 124 Å². The molecule has 0 spiro atoms. The van der Waals surface area contributed by atoms with Gasteiger partial charge < -0.3 is 28.4 Å². The summed E-state index contributed by atoms with van der Waals surface area (Å²) in [6.07, 6.45) is 40.1. The molecule has 0 aliphatic carbocycles. The molecule has 0 fully saturated rings. The molecule has 0 N–H and O–H groups in total. The summed E-state index contributed by atoms with van der Waals surface area (Å²) >= 11 is 0. The van der Waals surface area contributed by atoms with Crippen LogP contribution in [0, 0.1) is 0 Å². The van der Waals surface area contributed by atoms with Crippen LogP contribution in [0.15, 0.2) is 24.3 Å². The molecule has 3 aromatic rings. The maximum Gasteiger partial charge on any atom is 0.338 e. The molecule has 3 aromatic carbocycles. The van der Waals surface area contributed by atoms with E-state index in [0.29, 0.717) is 46.3 Å². The van der Waals surface area contributed by atoms with Gasteiger partial charge >= 0.3 is 23.9 Å². The van der Waals surface area contributed by atoms with E-state index in [-0.39, 0.29) is 22.3 Å². The van der Waals surface area contributed by atoms with E-state index in [4.69, 9.17) is 28.4 Å². The van der Waals surface area contributed by atoms with Gasteiger partial charge in [0.05, 0.1) is 63.9 Å². The summed E-state index contributed by atoms with van der Waals surface area (Å²) in [5, 5.41) is 1.97. The van der Waals surface area contributed by atoms with Gasteiger partial charge in [0, 0.05) is 21.5 Å². The van der Waals surface area contributed by atoms with Gasteiger partial charge in [-0.05, 0) is 37.1 Å². The Hall–Kier alpha value is -4.34. The average Bonchev–Trinajstić information content (AvgIpc) is 3.36. The fraction of sp³-hybridized carbons (Fsp3) is 0.690. The molecule has 0 atom stereocenters. The molecule has 0 aliphatic heterocycles. The van der Waals surface area contributed by atoms with Crippen LogP contribution in [0.5, 0.6) is 11.5 Å². The zero-order valence-corrected chi connectivity index (χ0v) is 43.4. The Morgan fingerprint density at radius 2 is 0.471 bits per heavy atom. The SMILES string of the molecule is CCCCCCCCCCCCCCCCCCOc1c2cc(C(=O)OC)c(C(=O)OC)cc2c(OCCCCCCCCCCCCCCCCCC)c2cc(C(=O)OC)c(C(=O)OC)cc12. The third-order valence-electron chi connectivity index (χ3n) is 13.4. The van der Waals surface area contributed by atoms with Crippen molar-refractivity contribution < 1.29 is 47.6 Å². The number of hydrogen-bond donors (Lipinski definition) is 0. The van der Waals surface area contributed by atoms with E-state index >= 15 is 0 Å². The number of benzene rings is 3. The number of rotatable bonds is 40. The summed E-state index contributed by atoms with van der Waals surface area (Å²) < 4.78 is 33.8. The van der Waals surface area contributed by atoms with Crippen LogP contribution in [0.4, 0.5) is 0 Å². The lowest BCUT2D eigenvalue weighted by atomic mass is 9.92. The predicted octanol–water partition coefficient (Wildman–Crippen LogP) is 16.4. The molecule has 0 aliphatic rings. The van der Waals surface area contributed by atoms with Gasteiger partial charge in [0.2, 0.25) is 0 Å². The second-order valence-electron chi connectivity index (χ2n) is 18.8. The molecule has 0 aromatic heterocycles. The lowest BCUT2D eigenvalue weighted by molar-refractivity contribution is 0.0555. The normalized spacial score (nSPS) is 11.3. The molecule has 10 nitrogen and oxygen atoms in total. The van der Waals surface area contributed by atoms with Gasteiger partial charge in [-0.25, -0.2) is 19.2 Å². The van der Waals surface area contributed by atoms with E-state index in [2.05, 4.69) is 13.8 Å². The molecule has 382 valence electrons. The Labute approximate surface area is 410 Å². The first-order valence-electron chi connectivity index (χ1n) is 27.0. The van der Waals surface area contributed by atoms with Gasteiger partial charge in [-0.1, -0.05) is 206 Å². The van der Waals surface area contributed by atoms with E-state index in [9.17, 15) is 19.2 Å². The molecule has 0 unspecified atom stereocenters. The van der Waals surface area contributed by atoms with Crippen molar-refractivity contribution in [3.63, 3.8) is 0 Å². The number of unbranched alkanes of at least 4 members (excludes halogenated alkanes) is 30. The van der Waals surface area contributed by atoms with Crippen LogP contribution in [0.25, 0.3) is 21.5 Å². The zero-order valence-electron chi connectivity index (χ0n) is 43.4. The maximum atomic E-state index is 13.3. The van der Waals surface area contributed by atoms with Crippen LogP contribution in [-0.4, -0.2) is 65.5 Å². The Morgan fingerprint density at radius 3 is 0.647 bits per heavy atom. The third kappa shape index (κ3) is 20.3. The van der Waals surface area contributed by atoms with Crippen LogP contribution in [0.1, 0.15) is 261 Å². The van der Waals surface area contributed by atoms with Gasteiger partial charge in [-0.2, -0.15) is 0 Å². The summed E-state index contributed by atoms with van der Waals surface area (Å²) in [5.74, 6) is -2.11. The molecular weight excluding hydrogens is 857 g/mol. The van der Waals surface area contributed by atoms with E-state index in [1.54, 1.807) is 24.3 Å². The Morgan fingerprint density at radius 1 is 0.294 bits per heavy atom. The standard InChI is InChI=1S/C58H90O10/c1-7-9-11-13-15-17-19-21-23-25-27-29-31-33-35-37-39-67-53-45-41-49(55(59)63-3)51(57(61)65-5)43-47(45)54(48-44-52(58(62)66-6)50(42-46(48)53)56(60)64-4)68-40-38-36-34-32-30-28-26-24-22-20-18-16-14-12-10-8-2/h41-44H,7-40H2,1-6H3. The number of methoxy groups -OCH3 is 4. The quantitative estimate of drug-likeness (QED) is 0.0236. The highest BCUT2D eigenvalue weighted by Crippen LogP contribution is 2.45. The number of fused-ring (bicyclic) bond motifs is 2. The van der Waals surface area contributed by atoms with E-state index in [1.165, 1.54) is 195 Å². The number of ether oxygens (including phenoxy) is 6. The Kier molecular flexibility index (Phi) is 30.5. The summed E-state index contributed by atoms with van der Waals surface area (Å²) in [6.45, 7) is 5.26. The second kappa shape index (κ2) is 35.7. The van der Waals surface area contributed by atoms with Gasteiger partial charge in [0.15, 0.2) is 0 Å². The highest BCUT2D eigenvalue weighted by molar-refractivity contribution is 6.18. The van der Waals surface area contributed by atoms with E-state index < -0.39 is 23.9 Å². The molecule has 68 heavy (non-hydrogen) atoms. The smallest absolute Gasteiger partial charge is 0.338 e. The lowest BCUT2D eigenvalue weighted by Gasteiger charge is -2.21. The summed E-state index contributed by atoms with van der Waals surface area (Å²) in [4.78, 5) is 53.0. The molecule has 0 bridgehead atoms. The minimum atomic E-state index is -0.719. The highest BCUT2D eigenvalue weighted by atomic mass is 16.5. The van der Waals surface area contributed by atoms with E-state index in [1.807, 2.05) is 0 Å².